The summed E-state index contributed by atoms with van der Waals surface area (Å²) in [5.74, 6) is -0.840. The molecule has 0 radical (unpaired) electrons. The molecule has 1 aliphatic rings. The van der Waals surface area contributed by atoms with Crippen molar-refractivity contribution in [1.29, 1.82) is 0 Å². The molecule has 1 unspecified atom stereocenters. The summed E-state index contributed by atoms with van der Waals surface area (Å²) >= 11 is 6.32. The van der Waals surface area contributed by atoms with E-state index in [2.05, 4.69) is 16.0 Å². The Morgan fingerprint density at radius 2 is 2.15 bits per heavy atom. The van der Waals surface area contributed by atoms with E-state index in [4.69, 9.17) is 16.0 Å². The first-order valence-corrected chi connectivity index (χ1v) is 8.77. The largest absolute Gasteiger partial charge is 0.472 e. The number of carbonyl (C=O) groups is 3. The highest BCUT2D eigenvalue weighted by molar-refractivity contribution is 6.33. The molecule has 0 spiro atoms. The number of nitrogens with zero attached hydrogens (tertiary/aromatic N) is 1. The Hall–Kier alpha value is -3.00. The monoisotopic (exact) mass is 390 g/mol. The van der Waals surface area contributed by atoms with Crippen molar-refractivity contribution in [3.63, 3.8) is 0 Å². The fourth-order valence-electron chi connectivity index (χ4n) is 2.68. The molecule has 1 aromatic carbocycles. The third-order valence-corrected chi connectivity index (χ3v) is 4.42. The lowest BCUT2D eigenvalue weighted by Crippen LogP contribution is -2.47. The SMILES string of the molecule is CC(NC(=O)c1ccoc1)C(=O)Nc1ccc(N2CCNC(=O)C2)c(Cl)c1. The molecule has 1 fully saturated rings. The molecular weight excluding hydrogens is 372 g/mol. The molecular formula is C18H19ClN4O4. The topological polar surface area (TPSA) is 104 Å². The van der Waals surface area contributed by atoms with Crippen LogP contribution in [0.5, 0.6) is 0 Å². The van der Waals surface area contributed by atoms with Gasteiger partial charge in [0.05, 0.1) is 29.1 Å². The van der Waals surface area contributed by atoms with Crippen LogP contribution in [0.25, 0.3) is 0 Å². The average molecular weight is 391 g/mol. The van der Waals surface area contributed by atoms with Crippen LogP contribution in [0, 0.1) is 0 Å². The molecule has 3 N–H and O–H groups in total. The Kier molecular flexibility index (Phi) is 5.66. The molecule has 3 rings (SSSR count). The fourth-order valence-corrected chi connectivity index (χ4v) is 2.98. The summed E-state index contributed by atoms with van der Waals surface area (Å²) in [7, 11) is 0. The predicted octanol–water partition coefficient (Wildman–Crippen LogP) is 1.63. The van der Waals surface area contributed by atoms with E-state index in [1.54, 1.807) is 25.1 Å². The summed E-state index contributed by atoms with van der Waals surface area (Å²) in [6.45, 7) is 3.04. The van der Waals surface area contributed by atoms with Crippen LogP contribution in [-0.2, 0) is 9.59 Å². The van der Waals surface area contributed by atoms with Gasteiger partial charge in [-0.3, -0.25) is 14.4 Å². The zero-order valence-electron chi connectivity index (χ0n) is 14.6. The molecule has 0 saturated carbocycles. The predicted molar refractivity (Wildman–Crippen MR) is 101 cm³/mol. The minimum Gasteiger partial charge on any atom is -0.472 e. The van der Waals surface area contributed by atoms with E-state index in [-0.39, 0.29) is 18.4 Å². The number of nitrogens with one attached hydrogen (secondary N) is 3. The van der Waals surface area contributed by atoms with Gasteiger partial charge < -0.3 is 25.3 Å². The number of rotatable bonds is 5. The van der Waals surface area contributed by atoms with Crippen LogP contribution in [0.2, 0.25) is 5.02 Å². The van der Waals surface area contributed by atoms with Gasteiger partial charge in [0, 0.05) is 18.8 Å². The van der Waals surface area contributed by atoms with E-state index < -0.39 is 11.9 Å². The van der Waals surface area contributed by atoms with Crippen LogP contribution in [0.1, 0.15) is 17.3 Å². The molecule has 0 bridgehead atoms. The summed E-state index contributed by atoms with van der Waals surface area (Å²) < 4.78 is 4.85. The Labute approximate surface area is 160 Å². The highest BCUT2D eigenvalue weighted by Gasteiger charge is 2.20. The molecule has 2 heterocycles. The number of halogens is 1. The number of anilines is 2. The number of piperazine rings is 1. The molecule has 1 atom stereocenters. The van der Waals surface area contributed by atoms with E-state index in [1.807, 2.05) is 4.90 Å². The third-order valence-electron chi connectivity index (χ3n) is 4.12. The molecule has 8 nitrogen and oxygen atoms in total. The fraction of sp³-hybridized carbons (Fsp3) is 0.278. The standard InChI is InChI=1S/C18H19ClN4O4/c1-11(21-18(26)12-4-7-27-10-12)17(25)22-13-2-3-15(14(19)8-13)23-6-5-20-16(24)9-23/h2-4,7-8,10-11H,5-6,9H2,1H3,(H,20,24)(H,21,26)(H,22,25). The lowest BCUT2D eigenvalue weighted by Gasteiger charge is -2.29. The van der Waals surface area contributed by atoms with Crippen molar-refractivity contribution in [3.8, 4) is 0 Å². The minimum atomic E-state index is -0.753. The van der Waals surface area contributed by atoms with E-state index in [1.165, 1.54) is 18.6 Å². The Morgan fingerprint density at radius 3 is 2.81 bits per heavy atom. The highest BCUT2D eigenvalue weighted by Crippen LogP contribution is 2.29. The smallest absolute Gasteiger partial charge is 0.255 e. The van der Waals surface area contributed by atoms with Gasteiger partial charge in [-0.05, 0) is 31.2 Å². The number of benzene rings is 1. The van der Waals surface area contributed by atoms with Gasteiger partial charge >= 0.3 is 0 Å². The van der Waals surface area contributed by atoms with Crippen LogP contribution in [0.4, 0.5) is 11.4 Å². The number of carbonyl (C=O) groups excluding carboxylic acids is 3. The minimum absolute atomic E-state index is 0.0584. The lowest BCUT2D eigenvalue weighted by atomic mass is 10.2. The van der Waals surface area contributed by atoms with Gasteiger partial charge in [0.15, 0.2) is 0 Å². The Morgan fingerprint density at radius 1 is 1.33 bits per heavy atom. The van der Waals surface area contributed by atoms with Gasteiger partial charge in [0.1, 0.15) is 12.3 Å². The normalized spacial score (nSPS) is 15.0. The maximum Gasteiger partial charge on any atom is 0.255 e. The van der Waals surface area contributed by atoms with Crippen molar-refractivity contribution in [1.82, 2.24) is 10.6 Å². The van der Waals surface area contributed by atoms with Crippen molar-refractivity contribution in [3.05, 3.63) is 47.4 Å². The van der Waals surface area contributed by atoms with Gasteiger partial charge in [-0.2, -0.15) is 0 Å². The van der Waals surface area contributed by atoms with E-state index in [0.717, 1.165) is 5.69 Å². The van der Waals surface area contributed by atoms with Crippen molar-refractivity contribution in [2.24, 2.45) is 0 Å². The van der Waals surface area contributed by atoms with Crippen LogP contribution in [0.15, 0.2) is 41.2 Å². The van der Waals surface area contributed by atoms with Crippen LogP contribution in [0.3, 0.4) is 0 Å². The second kappa shape index (κ2) is 8.13. The maximum absolute atomic E-state index is 12.3. The van der Waals surface area contributed by atoms with E-state index >= 15 is 0 Å². The first-order valence-electron chi connectivity index (χ1n) is 8.39. The van der Waals surface area contributed by atoms with Crippen LogP contribution >= 0.6 is 11.6 Å². The molecule has 1 aromatic heterocycles. The van der Waals surface area contributed by atoms with Crippen molar-refractivity contribution < 1.29 is 18.8 Å². The van der Waals surface area contributed by atoms with E-state index in [9.17, 15) is 14.4 Å². The van der Waals surface area contributed by atoms with Gasteiger partial charge in [-0.15, -0.1) is 0 Å². The molecule has 27 heavy (non-hydrogen) atoms. The quantitative estimate of drug-likeness (QED) is 0.719. The van der Waals surface area contributed by atoms with Crippen molar-refractivity contribution >= 4 is 40.7 Å². The Bertz CT molecular complexity index is 853. The number of hydrogen-bond donors (Lipinski definition) is 3. The molecule has 2 aromatic rings. The lowest BCUT2D eigenvalue weighted by molar-refractivity contribution is -0.120. The van der Waals surface area contributed by atoms with E-state index in [0.29, 0.717) is 29.4 Å². The summed E-state index contributed by atoms with van der Waals surface area (Å²) in [6.07, 6.45) is 2.69. The number of hydrogen-bond acceptors (Lipinski definition) is 5. The van der Waals surface area contributed by atoms with Crippen molar-refractivity contribution in [2.75, 3.05) is 29.9 Å². The summed E-state index contributed by atoms with van der Waals surface area (Å²) in [5.41, 5.74) is 1.57. The second-order valence-electron chi connectivity index (χ2n) is 6.13. The highest BCUT2D eigenvalue weighted by atomic mass is 35.5. The van der Waals surface area contributed by atoms with Gasteiger partial charge in [-0.1, -0.05) is 11.6 Å². The van der Waals surface area contributed by atoms with Gasteiger partial charge in [-0.25, -0.2) is 0 Å². The third kappa shape index (κ3) is 4.59. The molecule has 1 aliphatic heterocycles. The molecule has 0 aliphatic carbocycles. The number of amides is 3. The first kappa shape index (κ1) is 18.8. The van der Waals surface area contributed by atoms with Gasteiger partial charge in [0.25, 0.3) is 5.91 Å². The zero-order chi connectivity index (χ0) is 19.4. The molecule has 3 amide bonds. The zero-order valence-corrected chi connectivity index (χ0v) is 15.4. The van der Waals surface area contributed by atoms with Crippen LogP contribution < -0.4 is 20.9 Å². The maximum atomic E-state index is 12.3. The summed E-state index contributed by atoms with van der Waals surface area (Å²) in [5, 5.41) is 8.49. The van der Waals surface area contributed by atoms with Crippen LogP contribution in [-0.4, -0.2) is 43.4 Å². The first-order chi connectivity index (χ1) is 12.9. The number of furan rings is 1. The average Bonchev–Trinajstić information content (AvgIpc) is 3.16. The summed E-state index contributed by atoms with van der Waals surface area (Å²) in [6, 6.07) is 5.84. The molecule has 9 heteroatoms. The Balaban J connectivity index is 1.61. The van der Waals surface area contributed by atoms with Gasteiger partial charge in [0.2, 0.25) is 11.8 Å². The van der Waals surface area contributed by atoms with Crippen molar-refractivity contribution in [2.45, 2.75) is 13.0 Å². The second-order valence-corrected chi connectivity index (χ2v) is 6.54. The molecule has 142 valence electrons. The molecule has 1 saturated heterocycles. The summed E-state index contributed by atoms with van der Waals surface area (Å²) in [4.78, 5) is 37.7.